The highest BCUT2D eigenvalue weighted by molar-refractivity contribution is 7.16. The first-order valence-electron chi connectivity index (χ1n) is 6.78. The van der Waals surface area contributed by atoms with Crippen molar-refractivity contribution in [2.24, 2.45) is 0 Å². The summed E-state index contributed by atoms with van der Waals surface area (Å²) in [5.41, 5.74) is 0.899. The summed E-state index contributed by atoms with van der Waals surface area (Å²) in [7, 11) is 0. The molecule has 2 aromatic heterocycles. The van der Waals surface area contributed by atoms with Crippen LogP contribution < -0.4 is 10.1 Å². The molecule has 1 N–H and O–H groups in total. The second-order valence-electron chi connectivity index (χ2n) is 4.47. The van der Waals surface area contributed by atoms with Crippen LogP contribution in [0.1, 0.15) is 6.42 Å². The number of benzene rings is 1. The van der Waals surface area contributed by atoms with Crippen LogP contribution in [0.5, 0.6) is 5.75 Å². The van der Waals surface area contributed by atoms with Crippen LogP contribution in [0.2, 0.25) is 0 Å². The van der Waals surface area contributed by atoms with Crippen LogP contribution in [-0.4, -0.2) is 17.5 Å². The molecule has 4 nitrogen and oxygen atoms in total. The van der Waals surface area contributed by atoms with Crippen molar-refractivity contribution < 1.29 is 9.53 Å². The van der Waals surface area contributed by atoms with Crippen LogP contribution >= 0.6 is 22.7 Å². The molecule has 6 heteroatoms. The van der Waals surface area contributed by atoms with E-state index in [0.717, 1.165) is 16.3 Å². The largest absolute Gasteiger partial charge is 0.493 e. The number of anilines is 1. The quantitative estimate of drug-likeness (QED) is 0.734. The number of aromatic nitrogens is 1. The minimum Gasteiger partial charge on any atom is -0.493 e. The first-order valence-corrected chi connectivity index (χ1v) is 8.54. The van der Waals surface area contributed by atoms with Crippen molar-refractivity contribution in [1.29, 1.82) is 0 Å². The van der Waals surface area contributed by atoms with Crippen molar-refractivity contribution in [3.05, 3.63) is 53.2 Å². The molecule has 22 heavy (non-hydrogen) atoms. The summed E-state index contributed by atoms with van der Waals surface area (Å²) in [5.74, 6) is 0.674. The lowest BCUT2D eigenvalue weighted by Gasteiger charge is -2.05. The second kappa shape index (κ2) is 7.20. The van der Waals surface area contributed by atoms with E-state index < -0.39 is 0 Å². The molecule has 2 heterocycles. The van der Waals surface area contributed by atoms with Gasteiger partial charge in [0.15, 0.2) is 5.13 Å². The SMILES string of the molecule is O=C(CCOc1ccccc1)Nc1nc(-c2cccs2)cs1. The fourth-order valence-corrected chi connectivity index (χ4v) is 3.32. The topological polar surface area (TPSA) is 51.2 Å². The maximum Gasteiger partial charge on any atom is 0.229 e. The number of thiophene rings is 1. The molecule has 0 atom stereocenters. The van der Waals surface area contributed by atoms with E-state index in [1.54, 1.807) is 11.3 Å². The normalized spacial score (nSPS) is 10.4. The summed E-state index contributed by atoms with van der Waals surface area (Å²) < 4.78 is 5.50. The molecule has 112 valence electrons. The van der Waals surface area contributed by atoms with E-state index in [1.807, 2.05) is 53.2 Å². The van der Waals surface area contributed by atoms with E-state index in [-0.39, 0.29) is 5.91 Å². The Kier molecular flexibility index (Phi) is 4.82. The van der Waals surface area contributed by atoms with Crippen molar-refractivity contribution in [3.8, 4) is 16.3 Å². The molecule has 0 saturated carbocycles. The summed E-state index contributed by atoms with van der Waals surface area (Å²) in [6, 6.07) is 13.5. The Bertz CT molecular complexity index is 724. The van der Waals surface area contributed by atoms with E-state index >= 15 is 0 Å². The van der Waals surface area contributed by atoms with E-state index in [0.29, 0.717) is 18.2 Å². The monoisotopic (exact) mass is 330 g/mol. The van der Waals surface area contributed by atoms with Crippen molar-refractivity contribution in [2.45, 2.75) is 6.42 Å². The van der Waals surface area contributed by atoms with Crippen molar-refractivity contribution >= 4 is 33.7 Å². The van der Waals surface area contributed by atoms with Gasteiger partial charge in [-0.1, -0.05) is 24.3 Å². The molecular weight excluding hydrogens is 316 g/mol. The van der Waals surface area contributed by atoms with Crippen LogP contribution in [0, 0.1) is 0 Å². The molecule has 0 saturated heterocycles. The summed E-state index contributed by atoms with van der Waals surface area (Å²) in [5, 5.41) is 7.38. The van der Waals surface area contributed by atoms with Gasteiger partial charge in [0.2, 0.25) is 5.91 Å². The number of amides is 1. The van der Waals surface area contributed by atoms with Gasteiger partial charge in [-0.3, -0.25) is 4.79 Å². The van der Waals surface area contributed by atoms with Crippen molar-refractivity contribution in [1.82, 2.24) is 4.98 Å². The van der Waals surface area contributed by atoms with Gasteiger partial charge in [0, 0.05) is 5.38 Å². The average Bonchev–Trinajstić information content (AvgIpc) is 3.19. The Morgan fingerprint density at radius 3 is 2.77 bits per heavy atom. The minimum atomic E-state index is -0.0944. The van der Waals surface area contributed by atoms with E-state index in [9.17, 15) is 4.79 Å². The highest BCUT2D eigenvalue weighted by atomic mass is 32.1. The Morgan fingerprint density at radius 1 is 1.14 bits per heavy atom. The Labute approximate surface area is 136 Å². The zero-order valence-electron chi connectivity index (χ0n) is 11.7. The molecule has 0 aliphatic heterocycles. The molecule has 0 radical (unpaired) electrons. The van der Waals surface area contributed by atoms with Gasteiger partial charge in [-0.25, -0.2) is 4.98 Å². The highest BCUT2D eigenvalue weighted by Gasteiger charge is 2.08. The fourth-order valence-electron chi connectivity index (χ4n) is 1.83. The lowest BCUT2D eigenvalue weighted by atomic mass is 10.3. The van der Waals surface area contributed by atoms with Crippen LogP contribution in [0.4, 0.5) is 5.13 Å². The Morgan fingerprint density at radius 2 is 2.00 bits per heavy atom. The standard InChI is InChI=1S/C16H14N2O2S2/c19-15(8-9-20-12-5-2-1-3-6-12)18-16-17-13(11-22-16)14-7-4-10-21-14/h1-7,10-11H,8-9H2,(H,17,18,19). The van der Waals surface area contributed by atoms with Crippen molar-refractivity contribution in [2.75, 3.05) is 11.9 Å². The summed E-state index contributed by atoms with van der Waals surface area (Å²) in [4.78, 5) is 17.4. The zero-order valence-corrected chi connectivity index (χ0v) is 13.3. The molecule has 0 spiro atoms. The summed E-state index contributed by atoms with van der Waals surface area (Å²) in [6.07, 6.45) is 0.294. The van der Waals surface area contributed by atoms with Gasteiger partial charge in [0.05, 0.1) is 23.6 Å². The number of ether oxygens (including phenoxy) is 1. The Hall–Kier alpha value is -2.18. The third-order valence-corrected chi connectivity index (χ3v) is 4.52. The summed E-state index contributed by atoms with van der Waals surface area (Å²) in [6.45, 7) is 0.346. The molecule has 0 bridgehead atoms. The molecule has 0 aliphatic rings. The van der Waals surface area contributed by atoms with E-state index in [4.69, 9.17) is 4.74 Å². The van der Waals surface area contributed by atoms with Gasteiger partial charge in [0.25, 0.3) is 0 Å². The lowest BCUT2D eigenvalue weighted by Crippen LogP contribution is -2.15. The number of nitrogens with zero attached hydrogens (tertiary/aromatic N) is 1. The molecule has 0 aliphatic carbocycles. The Balaban J connectivity index is 1.48. The zero-order chi connectivity index (χ0) is 15.2. The number of thiazole rings is 1. The number of carbonyl (C=O) groups is 1. The molecule has 1 aromatic carbocycles. The molecule has 3 rings (SSSR count). The molecule has 3 aromatic rings. The number of carbonyl (C=O) groups excluding carboxylic acids is 1. The van der Waals surface area contributed by atoms with Crippen LogP contribution in [0.3, 0.4) is 0 Å². The maximum absolute atomic E-state index is 11.9. The number of hydrogen-bond acceptors (Lipinski definition) is 5. The number of nitrogens with one attached hydrogen (secondary N) is 1. The van der Waals surface area contributed by atoms with E-state index in [2.05, 4.69) is 10.3 Å². The van der Waals surface area contributed by atoms with Crippen molar-refractivity contribution in [3.63, 3.8) is 0 Å². The fraction of sp³-hybridized carbons (Fsp3) is 0.125. The molecule has 0 fully saturated rings. The average molecular weight is 330 g/mol. The number of para-hydroxylation sites is 1. The predicted molar refractivity (Wildman–Crippen MR) is 90.6 cm³/mol. The maximum atomic E-state index is 11.9. The number of rotatable bonds is 6. The molecule has 1 amide bonds. The third kappa shape index (κ3) is 3.93. The molecule has 0 unspecified atom stereocenters. The van der Waals surface area contributed by atoms with Gasteiger partial charge in [-0.15, -0.1) is 22.7 Å². The van der Waals surface area contributed by atoms with Gasteiger partial charge < -0.3 is 10.1 Å². The first-order chi connectivity index (χ1) is 10.8. The van der Waals surface area contributed by atoms with Gasteiger partial charge in [-0.2, -0.15) is 0 Å². The second-order valence-corrected chi connectivity index (χ2v) is 6.28. The van der Waals surface area contributed by atoms with Gasteiger partial charge in [0.1, 0.15) is 5.75 Å². The molecular formula is C16H14N2O2S2. The minimum absolute atomic E-state index is 0.0944. The number of hydrogen-bond donors (Lipinski definition) is 1. The van der Waals surface area contributed by atoms with Crippen LogP contribution in [-0.2, 0) is 4.79 Å². The third-order valence-electron chi connectivity index (χ3n) is 2.87. The van der Waals surface area contributed by atoms with Gasteiger partial charge >= 0.3 is 0 Å². The summed E-state index contributed by atoms with van der Waals surface area (Å²) >= 11 is 3.06. The van der Waals surface area contributed by atoms with Crippen LogP contribution in [0.25, 0.3) is 10.6 Å². The predicted octanol–water partition coefficient (Wildman–Crippen LogP) is 4.28. The first kappa shape index (κ1) is 14.7. The van der Waals surface area contributed by atoms with Gasteiger partial charge in [-0.05, 0) is 23.6 Å². The highest BCUT2D eigenvalue weighted by Crippen LogP contribution is 2.28. The van der Waals surface area contributed by atoms with Crippen LogP contribution in [0.15, 0.2) is 53.2 Å². The van der Waals surface area contributed by atoms with E-state index in [1.165, 1.54) is 11.3 Å². The smallest absolute Gasteiger partial charge is 0.229 e. The lowest BCUT2D eigenvalue weighted by molar-refractivity contribution is -0.116.